The zero-order valence-corrected chi connectivity index (χ0v) is 21.7. The molecule has 2 aliphatic rings. The van der Waals surface area contributed by atoms with E-state index in [1.807, 2.05) is 19.1 Å². The SMILES string of the molecule is COCc1cc(OC)c(Oc2nc3cccc(N(CC4CC4)C4CCOCC4)c3cc2C)c(OC)c1. The molecule has 0 unspecified atom stereocenters. The Morgan fingerprint density at radius 2 is 1.69 bits per heavy atom. The van der Waals surface area contributed by atoms with Gasteiger partial charge in [0.25, 0.3) is 0 Å². The van der Waals surface area contributed by atoms with Crippen molar-refractivity contribution in [2.45, 2.75) is 45.3 Å². The molecule has 1 aliphatic heterocycles. The van der Waals surface area contributed by atoms with Gasteiger partial charge in [-0.2, -0.15) is 0 Å². The van der Waals surface area contributed by atoms with Crippen LogP contribution in [-0.4, -0.2) is 52.1 Å². The smallest absolute Gasteiger partial charge is 0.223 e. The maximum absolute atomic E-state index is 6.35. The fourth-order valence-electron chi connectivity index (χ4n) is 5.02. The number of fused-ring (bicyclic) bond motifs is 1. The summed E-state index contributed by atoms with van der Waals surface area (Å²) in [5.41, 5.74) is 4.07. The van der Waals surface area contributed by atoms with Gasteiger partial charge in [0.2, 0.25) is 11.6 Å². The van der Waals surface area contributed by atoms with Crippen LogP contribution in [0.2, 0.25) is 0 Å². The van der Waals surface area contributed by atoms with Crippen molar-refractivity contribution in [2.24, 2.45) is 5.92 Å². The maximum atomic E-state index is 6.35. The van der Waals surface area contributed by atoms with Crippen LogP contribution in [0.1, 0.15) is 36.8 Å². The van der Waals surface area contributed by atoms with Gasteiger partial charge in [-0.3, -0.25) is 0 Å². The standard InChI is InChI=1S/C29H36N2O5/c1-19-14-23-24(6-5-7-25(23)31(17-20-8-9-20)22-10-12-35-13-11-22)30-29(19)36-28-26(33-3)15-21(18-32-2)16-27(28)34-4/h5-7,14-16,20,22H,8-13,17-18H2,1-4H3. The third-order valence-corrected chi connectivity index (χ3v) is 7.10. The molecular formula is C29H36N2O5. The van der Waals surface area contributed by atoms with Gasteiger partial charge >= 0.3 is 0 Å². The van der Waals surface area contributed by atoms with Gasteiger partial charge in [-0.05, 0) is 74.4 Å². The Bertz CT molecular complexity index is 1180. The van der Waals surface area contributed by atoms with Crippen molar-refractivity contribution < 1.29 is 23.7 Å². The molecule has 36 heavy (non-hydrogen) atoms. The molecule has 1 aromatic heterocycles. The Labute approximate surface area is 213 Å². The molecule has 0 atom stereocenters. The molecule has 0 radical (unpaired) electrons. The third-order valence-electron chi connectivity index (χ3n) is 7.10. The topological polar surface area (TPSA) is 62.3 Å². The van der Waals surface area contributed by atoms with Gasteiger partial charge in [0.05, 0.1) is 26.3 Å². The largest absolute Gasteiger partial charge is 0.493 e. The summed E-state index contributed by atoms with van der Waals surface area (Å²) in [5, 5.41) is 1.16. The summed E-state index contributed by atoms with van der Waals surface area (Å²) in [6, 6.07) is 12.9. The van der Waals surface area contributed by atoms with Crippen LogP contribution < -0.4 is 19.1 Å². The number of aryl methyl sites for hydroxylation is 1. The highest BCUT2D eigenvalue weighted by Crippen LogP contribution is 2.43. The predicted molar refractivity (Wildman–Crippen MR) is 141 cm³/mol. The number of rotatable bonds is 10. The number of hydrogen-bond acceptors (Lipinski definition) is 7. The van der Waals surface area contributed by atoms with E-state index in [4.69, 9.17) is 28.7 Å². The summed E-state index contributed by atoms with van der Waals surface area (Å²) in [7, 11) is 4.90. The quantitative estimate of drug-likeness (QED) is 0.349. The van der Waals surface area contributed by atoms with Crippen LogP contribution in [0, 0.1) is 12.8 Å². The molecular weight excluding hydrogens is 456 g/mol. The summed E-state index contributed by atoms with van der Waals surface area (Å²) in [6.45, 7) is 5.25. The molecule has 3 aromatic rings. The number of hydrogen-bond donors (Lipinski definition) is 0. The minimum absolute atomic E-state index is 0.452. The molecule has 192 valence electrons. The number of nitrogens with zero attached hydrogens (tertiary/aromatic N) is 2. The maximum Gasteiger partial charge on any atom is 0.223 e. The zero-order valence-electron chi connectivity index (χ0n) is 21.7. The molecule has 5 rings (SSSR count). The van der Waals surface area contributed by atoms with E-state index in [2.05, 4.69) is 29.2 Å². The van der Waals surface area contributed by atoms with Gasteiger partial charge in [-0.15, -0.1) is 0 Å². The van der Waals surface area contributed by atoms with E-state index >= 15 is 0 Å². The van der Waals surface area contributed by atoms with Crippen LogP contribution >= 0.6 is 0 Å². The van der Waals surface area contributed by atoms with E-state index in [0.717, 1.165) is 60.5 Å². The van der Waals surface area contributed by atoms with E-state index in [-0.39, 0.29) is 0 Å². The summed E-state index contributed by atoms with van der Waals surface area (Å²) in [6.07, 6.45) is 4.78. The van der Waals surface area contributed by atoms with Crippen LogP contribution in [0.3, 0.4) is 0 Å². The van der Waals surface area contributed by atoms with Gasteiger partial charge in [0.1, 0.15) is 0 Å². The van der Waals surface area contributed by atoms with Gasteiger partial charge < -0.3 is 28.6 Å². The van der Waals surface area contributed by atoms with E-state index in [0.29, 0.717) is 35.8 Å². The average Bonchev–Trinajstić information content (AvgIpc) is 3.73. The summed E-state index contributed by atoms with van der Waals surface area (Å²) >= 11 is 0. The second-order valence-electron chi connectivity index (χ2n) is 9.76. The third kappa shape index (κ3) is 5.22. The highest BCUT2D eigenvalue weighted by Gasteiger charge is 2.30. The summed E-state index contributed by atoms with van der Waals surface area (Å²) in [5.74, 6) is 2.98. The Hall–Kier alpha value is -3.03. The van der Waals surface area contributed by atoms with Crippen molar-refractivity contribution in [3.05, 3.63) is 47.5 Å². The minimum atomic E-state index is 0.452. The Kier molecular flexibility index (Phi) is 7.48. The second-order valence-corrected chi connectivity index (χ2v) is 9.76. The lowest BCUT2D eigenvalue weighted by molar-refractivity contribution is 0.0842. The number of pyridine rings is 1. The predicted octanol–water partition coefficient (Wildman–Crippen LogP) is 5.89. The van der Waals surface area contributed by atoms with Gasteiger partial charge in [0, 0.05) is 49.5 Å². The molecule has 0 amide bonds. The number of aromatic nitrogens is 1. The van der Waals surface area contributed by atoms with Crippen molar-refractivity contribution >= 4 is 16.6 Å². The van der Waals surface area contributed by atoms with Crippen LogP contribution in [0.15, 0.2) is 36.4 Å². The van der Waals surface area contributed by atoms with Gasteiger partial charge in [-0.1, -0.05) is 6.07 Å². The Morgan fingerprint density at radius 1 is 0.972 bits per heavy atom. The van der Waals surface area contributed by atoms with E-state index in [9.17, 15) is 0 Å². The first-order valence-electron chi connectivity index (χ1n) is 12.8. The normalized spacial score (nSPS) is 16.2. The number of benzene rings is 2. The van der Waals surface area contributed by atoms with Crippen LogP contribution in [-0.2, 0) is 16.1 Å². The van der Waals surface area contributed by atoms with Gasteiger partial charge in [-0.25, -0.2) is 4.98 Å². The number of anilines is 1. The zero-order chi connectivity index (χ0) is 25.1. The fourth-order valence-corrected chi connectivity index (χ4v) is 5.02. The van der Waals surface area contributed by atoms with Crippen LogP contribution in [0.5, 0.6) is 23.1 Å². The van der Waals surface area contributed by atoms with Crippen LogP contribution in [0.25, 0.3) is 10.9 Å². The first-order valence-corrected chi connectivity index (χ1v) is 12.8. The molecule has 1 aliphatic carbocycles. The molecule has 2 heterocycles. The lowest BCUT2D eigenvalue weighted by atomic mass is 10.0. The molecule has 2 aromatic carbocycles. The fraction of sp³-hybridized carbons (Fsp3) is 0.483. The number of methoxy groups -OCH3 is 3. The summed E-state index contributed by atoms with van der Waals surface area (Å²) in [4.78, 5) is 7.57. The lowest BCUT2D eigenvalue weighted by Gasteiger charge is -2.37. The van der Waals surface area contributed by atoms with Crippen molar-refractivity contribution in [2.75, 3.05) is 46.0 Å². The first-order chi connectivity index (χ1) is 17.6. The molecule has 7 nitrogen and oxygen atoms in total. The molecule has 0 N–H and O–H groups in total. The molecule has 2 fully saturated rings. The van der Waals surface area contributed by atoms with E-state index in [1.54, 1.807) is 21.3 Å². The second kappa shape index (κ2) is 10.9. The van der Waals surface area contributed by atoms with Crippen molar-refractivity contribution in [3.8, 4) is 23.1 Å². The number of ether oxygens (including phenoxy) is 5. The lowest BCUT2D eigenvalue weighted by Crippen LogP contribution is -2.41. The highest BCUT2D eigenvalue weighted by molar-refractivity contribution is 5.93. The highest BCUT2D eigenvalue weighted by atomic mass is 16.5. The minimum Gasteiger partial charge on any atom is -0.493 e. The van der Waals surface area contributed by atoms with E-state index in [1.165, 1.54) is 18.5 Å². The Morgan fingerprint density at radius 3 is 2.33 bits per heavy atom. The van der Waals surface area contributed by atoms with E-state index < -0.39 is 0 Å². The molecule has 0 spiro atoms. The molecule has 0 bridgehead atoms. The Balaban J connectivity index is 1.51. The summed E-state index contributed by atoms with van der Waals surface area (Å²) < 4.78 is 28.6. The van der Waals surface area contributed by atoms with Crippen molar-refractivity contribution in [3.63, 3.8) is 0 Å². The molecule has 1 saturated heterocycles. The van der Waals surface area contributed by atoms with Crippen LogP contribution in [0.4, 0.5) is 5.69 Å². The monoisotopic (exact) mass is 492 g/mol. The van der Waals surface area contributed by atoms with Crippen molar-refractivity contribution in [1.29, 1.82) is 0 Å². The molecule has 1 saturated carbocycles. The molecule has 7 heteroatoms. The first kappa shape index (κ1) is 24.7. The van der Waals surface area contributed by atoms with Crippen molar-refractivity contribution in [1.82, 2.24) is 4.98 Å². The average molecular weight is 493 g/mol. The van der Waals surface area contributed by atoms with Gasteiger partial charge in [0.15, 0.2) is 11.5 Å².